The van der Waals surface area contributed by atoms with Gasteiger partial charge in [0.15, 0.2) is 0 Å². The zero-order valence-corrected chi connectivity index (χ0v) is 13.8. The fourth-order valence-corrected chi connectivity index (χ4v) is 2.59. The van der Waals surface area contributed by atoms with Gasteiger partial charge >= 0.3 is 0 Å². The van der Waals surface area contributed by atoms with Crippen molar-refractivity contribution in [3.8, 4) is 0 Å². The van der Waals surface area contributed by atoms with Crippen molar-refractivity contribution >= 4 is 34.8 Å². The van der Waals surface area contributed by atoms with Crippen molar-refractivity contribution in [2.75, 3.05) is 12.4 Å². The second-order valence-electron chi connectivity index (χ2n) is 5.47. The van der Waals surface area contributed by atoms with E-state index >= 15 is 0 Å². The molecule has 8 heteroatoms. The summed E-state index contributed by atoms with van der Waals surface area (Å²) in [5, 5.41) is 12.8. The van der Waals surface area contributed by atoms with Gasteiger partial charge in [0.05, 0.1) is 18.4 Å². The number of rotatable bonds is 4. The highest BCUT2D eigenvalue weighted by Gasteiger charge is 2.22. The van der Waals surface area contributed by atoms with E-state index in [-0.39, 0.29) is 18.2 Å². The number of carbonyl (C=O) groups excluding carboxylic acids is 2. The Morgan fingerprint density at radius 3 is 2.96 bits per heavy atom. The van der Waals surface area contributed by atoms with Crippen LogP contribution < -0.4 is 5.32 Å². The molecule has 2 amide bonds. The van der Waals surface area contributed by atoms with E-state index in [0.29, 0.717) is 29.4 Å². The third kappa shape index (κ3) is 3.80. The number of carbonyl (C=O) groups is 2. The van der Waals surface area contributed by atoms with E-state index < -0.39 is 0 Å². The predicted molar refractivity (Wildman–Crippen MR) is 90.8 cm³/mol. The second-order valence-corrected chi connectivity index (χ2v) is 5.91. The minimum atomic E-state index is -0.323. The second kappa shape index (κ2) is 6.84. The van der Waals surface area contributed by atoms with Gasteiger partial charge < -0.3 is 5.32 Å². The molecular formula is C16H16ClN5O2. The quantitative estimate of drug-likeness (QED) is 0.921. The lowest BCUT2D eigenvalue weighted by Gasteiger charge is -2.18. The molecule has 1 aliphatic rings. The monoisotopic (exact) mass is 345 g/mol. The average Bonchev–Trinajstić information content (AvgIpc) is 2.97. The van der Waals surface area contributed by atoms with Crippen LogP contribution in [-0.2, 0) is 16.1 Å². The van der Waals surface area contributed by atoms with Gasteiger partial charge in [-0.25, -0.2) is 5.01 Å². The van der Waals surface area contributed by atoms with Crippen LogP contribution in [0.2, 0.25) is 5.02 Å². The number of nitrogens with one attached hydrogen (secondary N) is 1. The maximum Gasteiger partial charge on any atom is 0.271 e. The Morgan fingerprint density at radius 2 is 2.21 bits per heavy atom. The summed E-state index contributed by atoms with van der Waals surface area (Å²) in [4.78, 5) is 23.6. The Morgan fingerprint density at radius 1 is 1.38 bits per heavy atom. The summed E-state index contributed by atoms with van der Waals surface area (Å²) >= 11 is 5.97. The lowest BCUT2D eigenvalue weighted by atomic mass is 10.1. The molecule has 2 aromatic rings. The third-order valence-corrected chi connectivity index (χ3v) is 3.83. The molecule has 0 atom stereocenters. The molecule has 3 rings (SSSR count). The van der Waals surface area contributed by atoms with Gasteiger partial charge in [0, 0.05) is 31.1 Å². The van der Waals surface area contributed by atoms with E-state index in [1.54, 1.807) is 17.1 Å². The van der Waals surface area contributed by atoms with Gasteiger partial charge in [-0.3, -0.25) is 14.3 Å². The molecule has 0 saturated carbocycles. The molecular weight excluding hydrogens is 330 g/mol. The Kier molecular flexibility index (Phi) is 4.61. The van der Waals surface area contributed by atoms with Crippen LogP contribution in [0.5, 0.6) is 0 Å². The standard InChI is InChI=1S/C16H16ClN5O2/c1-21-15(23)6-5-14(20-21)16(24)19-13-8-18-22(10-13)9-11-3-2-4-12(17)7-11/h2-4,7-8,10H,5-6,9H2,1H3,(H,19,24). The molecule has 0 radical (unpaired) electrons. The molecule has 0 unspecified atom stereocenters. The number of halogens is 1. The molecule has 0 fully saturated rings. The van der Waals surface area contributed by atoms with Crippen LogP contribution in [-0.4, -0.2) is 39.4 Å². The average molecular weight is 346 g/mol. The molecule has 2 heterocycles. The summed E-state index contributed by atoms with van der Waals surface area (Å²) in [5.41, 5.74) is 1.92. The van der Waals surface area contributed by atoms with E-state index in [4.69, 9.17) is 11.6 Å². The smallest absolute Gasteiger partial charge is 0.271 e. The van der Waals surface area contributed by atoms with Gasteiger partial charge in [-0.1, -0.05) is 23.7 Å². The van der Waals surface area contributed by atoms with Gasteiger partial charge in [0.1, 0.15) is 5.71 Å². The molecule has 1 aromatic carbocycles. The lowest BCUT2D eigenvalue weighted by molar-refractivity contribution is -0.130. The molecule has 0 bridgehead atoms. The van der Waals surface area contributed by atoms with E-state index in [2.05, 4.69) is 15.5 Å². The first-order valence-electron chi connectivity index (χ1n) is 7.43. The topological polar surface area (TPSA) is 79.6 Å². The number of hydrazone groups is 1. The molecule has 0 spiro atoms. The Balaban J connectivity index is 1.65. The number of benzene rings is 1. The van der Waals surface area contributed by atoms with Crippen LogP contribution >= 0.6 is 11.6 Å². The van der Waals surface area contributed by atoms with Crippen LogP contribution in [0.4, 0.5) is 5.69 Å². The van der Waals surface area contributed by atoms with Gasteiger partial charge in [0.2, 0.25) is 5.91 Å². The third-order valence-electron chi connectivity index (χ3n) is 3.59. The van der Waals surface area contributed by atoms with E-state index in [0.717, 1.165) is 5.56 Å². The van der Waals surface area contributed by atoms with Crippen LogP contribution in [0.25, 0.3) is 0 Å². The number of anilines is 1. The number of nitrogens with zero attached hydrogens (tertiary/aromatic N) is 4. The summed E-state index contributed by atoms with van der Waals surface area (Å²) < 4.78 is 1.71. The maximum absolute atomic E-state index is 12.2. The molecule has 1 N–H and O–H groups in total. The van der Waals surface area contributed by atoms with Gasteiger partial charge in [0.25, 0.3) is 5.91 Å². The zero-order valence-electron chi connectivity index (χ0n) is 13.1. The first kappa shape index (κ1) is 16.2. The van der Waals surface area contributed by atoms with Crippen molar-refractivity contribution in [1.29, 1.82) is 0 Å². The van der Waals surface area contributed by atoms with E-state index in [1.807, 2.05) is 24.3 Å². The normalized spacial score (nSPS) is 14.5. The number of hydrogen-bond donors (Lipinski definition) is 1. The van der Waals surface area contributed by atoms with Gasteiger partial charge in [-0.15, -0.1) is 0 Å². The fourth-order valence-electron chi connectivity index (χ4n) is 2.37. The van der Waals surface area contributed by atoms with Crippen LogP contribution in [0.15, 0.2) is 41.8 Å². The highest BCUT2D eigenvalue weighted by Crippen LogP contribution is 2.14. The fraction of sp³-hybridized carbons (Fsp3) is 0.250. The first-order chi connectivity index (χ1) is 11.5. The van der Waals surface area contributed by atoms with Crippen LogP contribution in [0.1, 0.15) is 18.4 Å². The first-order valence-corrected chi connectivity index (χ1v) is 7.81. The lowest BCUT2D eigenvalue weighted by Crippen LogP contribution is -2.34. The Hall–Kier alpha value is -2.67. The minimum absolute atomic E-state index is 0.0964. The molecule has 124 valence electrons. The zero-order chi connectivity index (χ0) is 17.1. The number of amides is 2. The van der Waals surface area contributed by atoms with E-state index in [9.17, 15) is 9.59 Å². The van der Waals surface area contributed by atoms with Crippen molar-refractivity contribution in [3.05, 3.63) is 47.2 Å². The molecule has 7 nitrogen and oxygen atoms in total. The van der Waals surface area contributed by atoms with Crippen LogP contribution in [0.3, 0.4) is 0 Å². The van der Waals surface area contributed by atoms with Crippen molar-refractivity contribution < 1.29 is 9.59 Å². The van der Waals surface area contributed by atoms with Gasteiger partial charge in [-0.05, 0) is 17.7 Å². The summed E-state index contributed by atoms with van der Waals surface area (Å²) in [6.07, 6.45) is 3.93. The number of aromatic nitrogens is 2. The van der Waals surface area contributed by atoms with Crippen molar-refractivity contribution in [2.24, 2.45) is 5.10 Å². The Bertz CT molecular complexity index is 814. The minimum Gasteiger partial charge on any atom is -0.318 e. The summed E-state index contributed by atoms with van der Waals surface area (Å²) in [6, 6.07) is 7.51. The largest absolute Gasteiger partial charge is 0.318 e. The maximum atomic E-state index is 12.2. The summed E-state index contributed by atoms with van der Waals surface area (Å²) in [7, 11) is 1.54. The summed E-state index contributed by atoms with van der Waals surface area (Å²) in [5.74, 6) is -0.419. The highest BCUT2D eigenvalue weighted by molar-refractivity contribution is 6.43. The highest BCUT2D eigenvalue weighted by atomic mass is 35.5. The molecule has 24 heavy (non-hydrogen) atoms. The van der Waals surface area contributed by atoms with Crippen molar-refractivity contribution in [3.63, 3.8) is 0 Å². The van der Waals surface area contributed by atoms with Crippen molar-refractivity contribution in [2.45, 2.75) is 19.4 Å². The number of hydrogen-bond acceptors (Lipinski definition) is 4. The SMILES string of the molecule is CN1N=C(C(=O)Nc2cnn(Cc3cccc(Cl)c3)c2)CCC1=O. The molecule has 0 saturated heterocycles. The molecule has 0 aliphatic carbocycles. The van der Waals surface area contributed by atoms with Crippen LogP contribution in [0, 0.1) is 0 Å². The Labute approximate surface area is 143 Å². The van der Waals surface area contributed by atoms with E-state index in [1.165, 1.54) is 12.1 Å². The predicted octanol–water partition coefficient (Wildman–Crippen LogP) is 2.13. The molecule has 1 aliphatic heterocycles. The summed E-state index contributed by atoms with van der Waals surface area (Å²) in [6.45, 7) is 0.550. The van der Waals surface area contributed by atoms with Crippen molar-refractivity contribution in [1.82, 2.24) is 14.8 Å². The molecule has 1 aromatic heterocycles. The van der Waals surface area contributed by atoms with Gasteiger partial charge in [-0.2, -0.15) is 10.2 Å².